The smallest absolute Gasteiger partial charge is 0.377 e. The van der Waals surface area contributed by atoms with Gasteiger partial charge in [-0.3, -0.25) is 4.79 Å². The topological polar surface area (TPSA) is 79.4 Å². The maximum Gasteiger partial charge on any atom is 0.416 e. The van der Waals surface area contributed by atoms with Crippen LogP contribution < -0.4 is 15.5 Å². The van der Waals surface area contributed by atoms with Crippen molar-refractivity contribution in [2.75, 3.05) is 37.0 Å². The van der Waals surface area contributed by atoms with Crippen LogP contribution in [-0.4, -0.2) is 42.7 Å². The van der Waals surface area contributed by atoms with E-state index in [1.54, 1.807) is 11.9 Å². The number of hydrogen-bond donors (Lipinski definition) is 2. The Bertz CT molecular complexity index is 1190. The largest absolute Gasteiger partial charge is 0.416 e. The summed E-state index contributed by atoms with van der Waals surface area (Å²) in [7, 11) is 1.58. The summed E-state index contributed by atoms with van der Waals surface area (Å²) in [6.07, 6.45) is -2.93. The Morgan fingerprint density at radius 1 is 1.08 bits per heavy atom. The van der Waals surface area contributed by atoms with Crippen molar-refractivity contribution >= 4 is 17.5 Å². The fraction of sp³-hybridized carbons (Fsp3) is 0.320. The third kappa shape index (κ3) is 5.91. The molecule has 0 saturated carbocycles. The molecule has 2 heterocycles. The molecule has 0 bridgehead atoms. The predicted octanol–water partition coefficient (Wildman–Crippen LogP) is 4.11. The average Bonchev–Trinajstić information content (AvgIpc) is 2.88. The van der Waals surface area contributed by atoms with Gasteiger partial charge in [-0.25, -0.2) is 9.97 Å². The van der Waals surface area contributed by atoms with Crippen LogP contribution in [0.25, 0.3) is 0 Å². The summed E-state index contributed by atoms with van der Waals surface area (Å²) in [5.74, 6) is -0.699. The number of anilines is 2. The number of morpholine rings is 1. The minimum absolute atomic E-state index is 0.00657. The van der Waals surface area contributed by atoms with Gasteiger partial charge in [0.1, 0.15) is 6.33 Å². The quantitative estimate of drug-likeness (QED) is 0.473. The monoisotopic (exact) mass is 503 g/mol. The first kappa shape index (κ1) is 25.4. The summed E-state index contributed by atoms with van der Waals surface area (Å²) in [5.41, 5.74) is 1.53. The molecule has 1 atom stereocenters. The zero-order valence-corrected chi connectivity index (χ0v) is 19.5. The zero-order valence-electron chi connectivity index (χ0n) is 19.5. The lowest BCUT2D eigenvalue weighted by atomic mass is 10.0. The molecule has 1 aliphatic rings. The third-order valence-electron chi connectivity index (χ3n) is 5.92. The van der Waals surface area contributed by atoms with Crippen molar-refractivity contribution in [2.45, 2.75) is 25.2 Å². The molecule has 2 aromatic carbocycles. The van der Waals surface area contributed by atoms with E-state index >= 15 is 4.39 Å². The Morgan fingerprint density at radius 2 is 1.78 bits per heavy atom. The molecular formula is C25H25F4N5O2. The first-order chi connectivity index (χ1) is 17.3. The van der Waals surface area contributed by atoms with Crippen LogP contribution in [0.1, 0.15) is 28.3 Å². The number of carbonyl (C=O) groups excluding carboxylic acids is 1. The summed E-state index contributed by atoms with van der Waals surface area (Å²) in [6.45, 7) is 1.11. The van der Waals surface area contributed by atoms with E-state index in [4.69, 9.17) is 4.74 Å². The van der Waals surface area contributed by atoms with Crippen molar-refractivity contribution in [3.63, 3.8) is 0 Å². The second kappa shape index (κ2) is 10.9. The third-order valence-corrected chi connectivity index (χ3v) is 5.92. The Morgan fingerprint density at radius 3 is 2.44 bits per heavy atom. The van der Waals surface area contributed by atoms with Gasteiger partial charge in [0.2, 0.25) is 11.7 Å². The van der Waals surface area contributed by atoms with Crippen LogP contribution in [0.2, 0.25) is 0 Å². The lowest BCUT2D eigenvalue weighted by Crippen LogP contribution is -2.40. The van der Waals surface area contributed by atoms with Crippen molar-refractivity contribution in [3.05, 3.63) is 82.9 Å². The molecule has 1 unspecified atom stereocenters. The van der Waals surface area contributed by atoms with Gasteiger partial charge in [0.15, 0.2) is 11.6 Å². The molecule has 1 aromatic heterocycles. The molecule has 1 amide bonds. The standard InChI is InChI=1S/C25H25F4N5O2/c1-30-21(35)12-16-2-4-17(5-3-16)13-31-23-22(26)24(33-15-32-23)34-10-11-36-14-20(34)18-6-8-19(9-7-18)25(27,28)29/h2-9,15,20H,10-14H2,1H3,(H,30,35)(H,31,32,33). The van der Waals surface area contributed by atoms with Gasteiger partial charge >= 0.3 is 6.18 Å². The number of nitrogens with one attached hydrogen (secondary N) is 2. The molecule has 11 heteroatoms. The van der Waals surface area contributed by atoms with E-state index in [0.717, 1.165) is 23.3 Å². The summed E-state index contributed by atoms with van der Waals surface area (Å²) in [5, 5.41) is 5.54. The number of hydrogen-bond acceptors (Lipinski definition) is 6. The fourth-order valence-electron chi connectivity index (χ4n) is 3.95. The average molecular weight is 504 g/mol. The molecule has 0 radical (unpaired) electrons. The predicted molar refractivity (Wildman–Crippen MR) is 126 cm³/mol. The van der Waals surface area contributed by atoms with Crippen molar-refractivity contribution in [3.8, 4) is 0 Å². The molecule has 0 aliphatic carbocycles. The van der Waals surface area contributed by atoms with Gasteiger partial charge in [-0.2, -0.15) is 17.6 Å². The number of ether oxygens (including phenoxy) is 1. The normalized spacial score (nSPS) is 16.0. The van der Waals surface area contributed by atoms with Crippen LogP contribution in [0, 0.1) is 5.82 Å². The van der Waals surface area contributed by atoms with Gasteiger partial charge < -0.3 is 20.3 Å². The molecule has 1 aliphatic heterocycles. The van der Waals surface area contributed by atoms with Crippen molar-refractivity contribution < 1.29 is 27.1 Å². The Hall–Kier alpha value is -3.73. The van der Waals surface area contributed by atoms with Gasteiger partial charge in [0.05, 0.1) is 31.2 Å². The van der Waals surface area contributed by atoms with Crippen LogP contribution in [0.5, 0.6) is 0 Å². The van der Waals surface area contributed by atoms with E-state index in [1.807, 2.05) is 24.3 Å². The number of halogens is 4. The molecule has 2 N–H and O–H groups in total. The van der Waals surface area contributed by atoms with Crippen molar-refractivity contribution in [1.29, 1.82) is 0 Å². The highest BCUT2D eigenvalue weighted by Gasteiger charge is 2.32. The Labute approximate surface area is 205 Å². The highest BCUT2D eigenvalue weighted by atomic mass is 19.4. The van der Waals surface area contributed by atoms with Gasteiger partial charge in [-0.05, 0) is 28.8 Å². The first-order valence-corrected chi connectivity index (χ1v) is 11.3. The Kier molecular flexibility index (Phi) is 7.68. The first-order valence-electron chi connectivity index (χ1n) is 11.3. The van der Waals surface area contributed by atoms with E-state index in [0.29, 0.717) is 25.3 Å². The minimum Gasteiger partial charge on any atom is -0.377 e. The van der Waals surface area contributed by atoms with E-state index in [-0.39, 0.29) is 30.6 Å². The zero-order chi connectivity index (χ0) is 25.7. The molecule has 4 rings (SSSR count). The highest BCUT2D eigenvalue weighted by molar-refractivity contribution is 5.78. The number of amides is 1. The number of alkyl halides is 3. The number of aromatic nitrogens is 2. The van der Waals surface area contributed by atoms with Crippen LogP contribution in [0.3, 0.4) is 0 Å². The fourth-order valence-corrected chi connectivity index (χ4v) is 3.95. The summed E-state index contributed by atoms with van der Waals surface area (Å²) >= 11 is 0. The van der Waals surface area contributed by atoms with E-state index in [9.17, 15) is 18.0 Å². The summed E-state index contributed by atoms with van der Waals surface area (Å²) < 4.78 is 59.9. The number of rotatable bonds is 7. The van der Waals surface area contributed by atoms with Gasteiger partial charge in [-0.15, -0.1) is 0 Å². The number of carbonyl (C=O) groups is 1. The maximum atomic E-state index is 15.5. The van der Waals surface area contributed by atoms with Gasteiger partial charge in [0.25, 0.3) is 0 Å². The maximum absolute atomic E-state index is 15.5. The molecule has 36 heavy (non-hydrogen) atoms. The molecular weight excluding hydrogens is 478 g/mol. The molecule has 1 fully saturated rings. The van der Waals surface area contributed by atoms with Gasteiger partial charge in [-0.1, -0.05) is 36.4 Å². The highest BCUT2D eigenvalue weighted by Crippen LogP contribution is 2.34. The van der Waals surface area contributed by atoms with Crippen molar-refractivity contribution in [1.82, 2.24) is 15.3 Å². The molecule has 1 saturated heterocycles. The molecule has 3 aromatic rings. The van der Waals surface area contributed by atoms with E-state index < -0.39 is 23.6 Å². The van der Waals surface area contributed by atoms with Crippen molar-refractivity contribution in [2.24, 2.45) is 0 Å². The van der Waals surface area contributed by atoms with E-state index in [1.165, 1.54) is 18.5 Å². The molecule has 7 nitrogen and oxygen atoms in total. The van der Waals surface area contributed by atoms with Gasteiger partial charge in [0, 0.05) is 20.1 Å². The molecule has 190 valence electrons. The van der Waals surface area contributed by atoms with E-state index in [2.05, 4.69) is 20.6 Å². The molecule has 0 spiro atoms. The van der Waals surface area contributed by atoms with Crippen LogP contribution in [-0.2, 0) is 28.7 Å². The van der Waals surface area contributed by atoms with Crippen LogP contribution in [0.15, 0.2) is 54.9 Å². The number of benzene rings is 2. The number of nitrogens with zero attached hydrogens (tertiary/aromatic N) is 3. The lowest BCUT2D eigenvalue weighted by Gasteiger charge is -2.37. The second-order valence-electron chi connectivity index (χ2n) is 8.28. The van der Waals surface area contributed by atoms with Crippen LogP contribution >= 0.6 is 0 Å². The summed E-state index contributed by atoms with van der Waals surface area (Å²) in [4.78, 5) is 21.3. The van der Waals surface area contributed by atoms with Crippen LogP contribution in [0.4, 0.5) is 29.2 Å². The second-order valence-corrected chi connectivity index (χ2v) is 8.28. The SMILES string of the molecule is CNC(=O)Cc1ccc(CNc2ncnc(N3CCOCC3c3ccc(C(F)(F)F)cc3)c2F)cc1. The minimum atomic E-state index is -4.44. The number of likely N-dealkylation sites (N-methyl/N-ethyl adjacent to an activating group) is 1. The Balaban J connectivity index is 1.49. The summed E-state index contributed by atoms with van der Waals surface area (Å²) in [6, 6.07) is 11.6. The lowest BCUT2D eigenvalue weighted by molar-refractivity contribution is -0.137.